The lowest BCUT2D eigenvalue weighted by molar-refractivity contribution is -0.120. The van der Waals surface area contributed by atoms with Crippen molar-refractivity contribution >= 4 is 11.6 Å². The Balaban J connectivity index is 1.50. The molecule has 2 aliphatic rings. The zero-order valence-corrected chi connectivity index (χ0v) is 16.8. The summed E-state index contributed by atoms with van der Waals surface area (Å²) in [4.78, 5) is 14.8. The summed E-state index contributed by atoms with van der Waals surface area (Å²) < 4.78 is 0. The number of amides is 1. The van der Waals surface area contributed by atoms with Crippen LogP contribution in [0.2, 0.25) is 0 Å². The van der Waals surface area contributed by atoms with Gasteiger partial charge in [-0.3, -0.25) is 4.79 Å². The topological polar surface area (TPSA) is 40.5 Å². The third-order valence-electron chi connectivity index (χ3n) is 6.70. The molecule has 3 nitrogen and oxygen atoms in total. The smallest absolute Gasteiger partial charge is 0.227 e. The van der Waals surface area contributed by atoms with Crippen molar-refractivity contribution < 1.29 is 9.90 Å². The van der Waals surface area contributed by atoms with E-state index in [-0.39, 0.29) is 23.5 Å². The third-order valence-corrected chi connectivity index (χ3v) is 6.70. The molecular formula is C25H31NO2. The van der Waals surface area contributed by atoms with E-state index in [1.807, 2.05) is 17.9 Å². The third kappa shape index (κ3) is 3.73. The zero-order chi connectivity index (χ0) is 19.6. The minimum Gasteiger partial charge on any atom is -0.392 e. The lowest BCUT2D eigenvalue weighted by Gasteiger charge is -2.36. The van der Waals surface area contributed by atoms with Gasteiger partial charge in [0.05, 0.1) is 6.10 Å². The van der Waals surface area contributed by atoms with Crippen LogP contribution in [-0.2, 0) is 16.6 Å². The molecule has 1 N–H and O–H groups in total. The molecule has 148 valence electrons. The molecule has 3 heteroatoms. The van der Waals surface area contributed by atoms with Crippen molar-refractivity contribution in [2.75, 3.05) is 4.90 Å². The molecule has 1 saturated carbocycles. The molecule has 2 aromatic rings. The van der Waals surface area contributed by atoms with Crippen molar-refractivity contribution in [3.63, 3.8) is 0 Å². The van der Waals surface area contributed by atoms with Crippen LogP contribution in [-0.4, -0.2) is 23.2 Å². The Morgan fingerprint density at radius 2 is 1.82 bits per heavy atom. The number of aliphatic hydroxyl groups excluding tert-OH is 1. The second-order valence-corrected chi connectivity index (χ2v) is 8.46. The highest BCUT2D eigenvalue weighted by Gasteiger charge is 2.49. The van der Waals surface area contributed by atoms with E-state index in [0.717, 1.165) is 50.6 Å². The van der Waals surface area contributed by atoms with Gasteiger partial charge in [-0.05, 0) is 68.2 Å². The second-order valence-electron chi connectivity index (χ2n) is 8.46. The Bertz CT molecular complexity index is 795. The highest BCUT2D eigenvalue weighted by molar-refractivity contribution is 5.94. The Kier molecular flexibility index (Phi) is 5.54. The van der Waals surface area contributed by atoms with Gasteiger partial charge in [-0.2, -0.15) is 0 Å². The molecule has 2 unspecified atom stereocenters. The lowest BCUT2D eigenvalue weighted by Crippen LogP contribution is -2.44. The lowest BCUT2D eigenvalue weighted by atomic mass is 9.88. The van der Waals surface area contributed by atoms with Gasteiger partial charge < -0.3 is 10.0 Å². The summed E-state index contributed by atoms with van der Waals surface area (Å²) in [5.41, 5.74) is 3.51. The maximum Gasteiger partial charge on any atom is 0.227 e. The van der Waals surface area contributed by atoms with Crippen LogP contribution in [0.5, 0.6) is 0 Å². The molecule has 2 atom stereocenters. The Labute approximate surface area is 168 Å². The van der Waals surface area contributed by atoms with Gasteiger partial charge in [-0.15, -0.1) is 0 Å². The Morgan fingerprint density at radius 3 is 2.46 bits per heavy atom. The fourth-order valence-corrected chi connectivity index (χ4v) is 4.84. The van der Waals surface area contributed by atoms with Crippen molar-refractivity contribution in [2.24, 2.45) is 0 Å². The number of anilines is 1. The molecule has 2 fully saturated rings. The van der Waals surface area contributed by atoms with E-state index in [0.29, 0.717) is 6.42 Å². The van der Waals surface area contributed by atoms with Crippen LogP contribution in [0, 0.1) is 0 Å². The van der Waals surface area contributed by atoms with Gasteiger partial charge >= 0.3 is 0 Å². The number of nitrogens with zero attached hydrogens (tertiary/aromatic N) is 1. The predicted octanol–water partition coefficient (Wildman–Crippen LogP) is 5.01. The molecule has 1 heterocycles. The van der Waals surface area contributed by atoms with E-state index in [1.165, 1.54) is 11.1 Å². The first-order valence-electron chi connectivity index (χ1n) is 10.8. The summed E-state index contributed by atoms with van der Waals surface area (Å²) in [6.45, 7) is 2.04. The van der Waals surface area contributed by atoms with E-state index in [1.54, 1.807) is 0 Å². The highest BCUT2D eigenvalue weighted by atomic mass is 16.3. The average Bonchev–Trinajstić information content (AvgIpc) is 3.55. The van der Waals surface area contributed by atoms with Crippen molar-refractivity contribution in [1.82, 2.24) is 0 Å². The predicted molar refractivity (Wildman–Crippen MR) is 114 cm³/mol. The van der Waals surface area contributed by atoms with Gasteiger partial charge in [0.25, 0.3) is 0 Å². The van der Waals surface area contributed by atoms with Crippen LogP contribution in [0.4, 0.5) is 5.69 Å². The van der Waals surface area contributed by atoms with E-state index in [4.69, 9.17) is 0 Å². The Morgan fingerprint density at radius 1 is 1.11 bits per heavy atom. The zero-order valence-electron chi connectivity index (χ0n) is 16.8. The van der Waals surface area contributed by atoms with Gasteiger partial charge in [0.15, 0.2) is 0 Å². The van der Waals surface area contributed by atoms with Gasteiger partial charge in [0, 0.05) is 23.6 Å². The standard InChI is InChI=1S/C25H31NO2/c1-2-23(27)25(17-18-25)20-12-15-22(16-13-20)26-21(9-6-10-24(26)28)14-11-19-7-4-3-5-8-19/h3-5,7-8,12-13,15-16,21,23,27H,2,6,9-11,14,17-18H2,1H3. The summed E-state index contributed by atoms with van der Waals surface area (Å²) in [6.07, 6.45) is 7.32. The number of piperidine rings is 1. The molecule has 0 spiro atoms. The van der Waals surface area contributed by atoms with Crippen LogP contribution in [0.1, 0.15) is 63.0 Å². The summed E-state index contributed by atoms with van der Waals surface area (Å²) in [6, 6.07) is 19.3. The van der Waals surface area contributed by atoms with E-state index >= 15 is 0 Å². The second kappa shape index (κ2) is 8.08. The molecule has 1 amide bonds. The fourth-order valence-electron chi connectivity index (χ4n) is 4.84. The minimum atomic E-state index is -0.270. The Hall–Kier alpha value is -2.13. The summed E-state index contributed by atoms with van der Waals surface area (Å²) in [5, 5.41) is 10.4. The number of benzene rings is 2. The van der Waals surface area contributed by atoms with Crippen LogP contribution in [0.15, 0.2) is 54.6 Å². The average molecular weight is 378 g/mol. The number of carbonyl (C=O) groups excluding carboxylic acids is 1. The summed E-state index contributed by atoms with van der Waals surface area (Å²) in [7, 11) is 0. The van der Waals surface area contributed by atoms with Crippen LogP contribution in [0.3, 0.4) is 0 Å². The number of carbonyl (C=O) groups is 1. The van der Waals surface area contributed by atoms with Crippen molar-refractivity contribution in [1.29, 1.82) is 0 Å². The number of hydrogen-bond acceptors (Lipinski definition) is 2. The quantitative estimate of drug-likeness (QED) is 0.737. The van der Waals surface area contributed by atoms with Gasteiger partial charge in [-0.25, -0.2) is 0 Å². The highest BCUT2D eigenvalue weighted by Crippen LogP contribution is 2.52. The first kappa shape index (κ1) is 19.2. The maximum absolute atomic E-state index is 12.8. The molecule has 0 bridgehead atoms. The molecule has 1 aliphatic carbocycles. The van der Waals surface area contributed by atoms with Crippen molar-refractivity contribution in [3.05, 3.63) is 65.7 Å². The number of rotatable bonds is 7. The molecule has 2 aromatic carbocycles. The number of aliphatic hydroxyl groups is 1. The largest absolute Gasteiger partial charge is 0.392 e. The maximum atomic E-state index is 12.8. The van der Waals surface area contributed by atoms with Crippen LogP contribution in [0.25, 0.3) is 0 Å². The van der Waals surface area contributed by atoms with E-state index in [2.05, 4.69) is 48.5 Å². The van der Waals surface area contributed by atoms with E-state index in [9.17, 15) is 9.90 Å². The first-order valence-corrected chi connectivity index (χ1v) is 10.8. The molecule has 28 heavy (non-hydrogen) atoms. The normalized spacial score (nSPS) is 22.1. The fraction of sp³-hybridized carbons (Fsp3) is 0.480. The number of aryl methyl sites for hydroxylation is 1. The molecule has 0 aromatic heterocycles. The van der Waals surface area contributed by atoms with Crippen LogP contribution < -0.4 is 4.90 Å². The van der Waals surface area contributed by atoms with Crippen molar-refractivity contribution in [3.8, 4) is 0 Å². The molecular weight excluding hydrogens is 346 g/mol. The summed E-state index contributed by atoms with van der Waals surface area (Å²) >= 11 is 0. The summed E-state index contributed by atoms with van der Waals surface area (Å²) in [5.74, 6) is 0.242. The monoisotopic (exact) mass is 377 g/mol. The van der Waals surface area contributed by atoms with Crippen molar-refractivity contribution in [2.45, 2.75) is 75.9 Å². The first-order chi connectivity index (χ1) is 13.6. The molecule has 1 aliphatic heterocycles. The molecule has 1 saturated heterocycles. The van der Waals surface area contributed by atoms with Crippen LogP contribution >= 0.6 is 0 Å². The van der Waals surface area contributed by atoms with Gasteiger partial charge in [0.1, 0.15) is 0 Å². The van der Waals surface area contributed by atoms with Gasteiger partial charge in [0.2, 0.25) is 5.91 Å². The minimum absolute atomic E-state index is 0.0497. The number of hydrogen-bond donors (Lipinski definition) is 1. The molecule has 0 radical (unpaired) electrons. The SMILES string of the molecule is CCC(O)C1(c2ccc(N3C(=O)CCCC3CCc3ccccc3)cc2)CC1. The van der Waals surface area contributed by atoms with Gasteiger partial charge in [-0.1, -0.05) is 49.4 Å². The molecule has 4 rings (SSSR count). The van der Waals surface area contributed by atoms with E-state index < -0.39 is 0 Å².